The Balaban J connectivity index is 1.44. The minimum atomic E-state index is 0.283. The summed E-state index contributed by atoms with van der Waals surface area (Å²) in [5.74, 6) is 2.98. The van der Waals surface area contributed by atoms with Crippen molar-refractivity contribution in [1.82, 2.24) is 15.0 Å². The first-order valence-electron chi connectivity index (χ1n) is 18.2. The van der Waals surface area contributed by atoms with Crippen molar-refractivity contribution in [3.8, 4) is 34.0 Å². The van der Waals surface area contributed by atoms with Crippen LogP contribution in [0.2, 0.25) is 0 Å². The maximum absolute atomic E-state index is 6.47. The van der Waals surface area contributed by atoms with Crippen LogP contribution in [0, 0.1) is 0 Å². The monoisotopic (exact) mass is 652 g/mol. The van der Waals surface area contributed by atoms with Crippen LogP contribution in [-0.4, -0.2) is 41.3 Å². The Hall–Kier alpha value is -4.71. The normalized spacial score (nSPS) is 13.4. The Bertz CT molecular complexity index is 2130. The van der Waals surface area contributed by atoms with Crippen LogP contribution in [0.1, 0.15) is 90.2 Å². The van der Waals surface area contributed by atoms with Crippen LogP contribution in [0.5, 0.6) is 11.8 Å². The molecule has 3 aromatic heterocycles. The van der Waals surface area contributed by atoms with Gasteiger partial charge in [-0.3, -0.25) is 0 Å². The molecule has 1 saturated heterocycles. The van der Waals surface area contributed by atoms with Crippen molar-refractivity contribution in [2.24, 2.45) is 0 Å². The second-order valence-corrected chi connectivity index (χ2v) is 14.0. The molecule has 0 spiro atoms. The molecule has 7 rings (SSSR count). The van der Waals surface area contributed by atoms with E-state index < -0.39 is 0 Å². The van der Waals surface area contributed by atoms with Crippen LogP contribution < -0.4 is 14.4 Å². The minimum absolute atomic E-state index is 0.283. The van der Waals surface area contributed by atoms with E-state index in [1.54, 1.807) is 0 Å². The highest BCUT2D eigenvalue weighted by atomic mass is 16.5. The van der Waals surface area contributed by atoms with E-state index in [2.05, 4.69) is 113 Å². The van der Waals surface area contributed by atoms with Gasteiger partial charge in [-0.05, 0) is 102 Å². The Morgan fingerprint density at radius 2 is 1.29 bits per heavy atom. The molecule has 0 saturated carbocycles. The first-order valence-corrected chi connectivity index (χ1v) is 18.2. The second-order valence-electron chi connectivity index (χ2n) is 14.0. The van der Waals surface area contributed by atoms with Crippen LogP contribution in [0.15, 0.2) is 72.8 Å². The highest BCUT2D eigenvalue weighted by Gasteiger charge is 2.23. The number of hydrogen-bond acceptors (Lipinski definition) is 6. The molecule has 49 heavy (non-hydrogen) atoms. The number of para-hydroxylation sites is 1. The van der Waals surface area contributed by atoms with Gasteiger partial charge < -0.3 is 14.4 Å². The summed E-state index contributed by atoms with van der Waals surface area (Å²) in [6.45, 7) is 16.6. The van der Waals surface area contributed by atoms with Crippen molar-refractivity contribution in [1.29, 1.82) is 0 Å². The number of pyridine rings is 3. The third kappa shape index (κ3) is 6.53. The number of nitrogens with zero attached hydrogens (tertiary/aromatic N) is 4. The SMILES string of the molecule is CCCOc1ccc2c(C(C)C)cc(-c3cc4c(C(C)C)cc(-c5cc6ccccc6nc5N5CCCC5)cc4nc3OCCC)cc2n1. The summed E-state index contributed by atoms with van der Waals surface area (Å²) < 4.78 is 12.4. The third-order valence-electron chi connectivity index (χ3n) is 9.62. The molecule has 0 aliphatic carbocycles. The van der Waals surface area contributed by atoms with Crippen LogP contribution in [-0.2, 0) is 0 Å². The quantitative estimate of drug-likeness (QED) is 0.139. The number of benzene rings is 3. The minimum Gasteiger partial charge on any atom is -0.478 e. The van der Waals surface area contributed by atoms with E-state index >= 15 is 0 Å². The number of hydrogen-bond donors (Lipinski definition) is 0. The molecule has 0 bridgehead atoms. The number of fused-ring (bicyclic) bond motifs is 3. The molecule has 6 heteroatoms. The molecule has 0 amide bonds. The second kappa shape index (κ2) is 14.0. The molecule has 1 aliphatic rings. The van der Waals surface area contributed by atoms with E-state index in [1.807, 2.05) is 6.07 Å². The molecule has 4 heterocycles. The maximum atomic E-state index is 6.47. The van der Waals surface area contributed by atoms with Gasteiger partial charge in [0.05, 0.1) is 29.8 Å². The molecule has 0 atom stereocenters. The van der Waals surface area contributed by atoms with Crippen molar-refractivity contribution in [2.75, 3.05) is 31.2 Å². The summed E-state index contributed by atoms with van der Waals surface area (Å²) in [5.41, 5.74) is 9.78. The molecule has 6 nitrogen and oxygen atoms in total. The lowest BCUT2D eigenvalue weighted by Crippen LogP contribution is -2.20. The topological polar surface area (TPSA) is 60.4 Å². The van der Waals surface area contributed by atoms with E-state index in [-0.39, 0.29) is 5.92 Å². The highest BCUT2D eigenvalue weighted by molar-refractivity contribution is 5.97. The standard InChI is InChI=1S/C43H48N4O2/c1-7-19-48-41-16-15-32-33(27(3)4)23-31(25-39(32)44-41)36-26-37-34(28(5)6)22-30(24-40(37)46-43(36)49-20-8-2)35-21-29-13-9-10-14-38(29)45-42(35)47-17-11-12-18-47/h9-10,13-16,21-28H,7-8,11-12,17-20H2,1-6H3. The fourth-order valence-corrected chi connectivity index (χ4v) is 7.09. The van der Waals surface area contributed by atoms with Gasteiger partial charge in [-0.15, -0.1) is 0 Å². The van der Waals surface area contributed by atoms with Gasteiger partial charge in [0.15, 0.2) is 0 Å². The Labute approximate surface area is 290 Å². The molecule has 1 fully saturated rings. The van der Waals surface area contributed by atoms with E-state index in [4.69, 9.17) is 24.4 Å². The van der Waals surface area contributed by atoms with Crippen LogP contribution >= 0.6 is 0 Å². The molecular weight excluding hydrogens is 604 g/mol. The zero-order valence-corrected chi connectivity index (χ0v) is 29.8. The largest absolute Gasteiger partial charge is 0.478 e. The summed E-state index contributed by atoms with van der Waals surface area (Å²) >= 11 is 0. The van der Waals surface area contributed by atoms with Crippen LogP contribution in [0.3, 0.4) is 0 Å². The third-order valence-corrected chi connectivity index (χ3v) is 9.62. The number of rotatable bonds is 11. The lowest BCUT2D eigenvalue weighted by molar-refractivity contribution is 0.306. The summed E-state index contributed by atoms with van der Waals surface area (Å²) in [5, 5.41) is 3.45. The van der Waals surface area contributed by atoms with Crippen LogP contribution in [0.4, 0.5) is 5.82 Å². The lowest BCUT2D eigenvalue weighted by atomic mass is 9.90. The molecule has 0 N–H and O–H groups in total. The van der Waals surface area contributed by atoms with Gasteiger partial charge in [0.2, 0.25) is 11.8 Å². The van der Waals surface area contributed by atoms with Crippen LogP contribution in [0.25, 0.3) is 55.0 Å². The van der Waals surface area contributed by atoms with Gasteiger partial charge in [-0.25, -0.2) is 15.0 Å². The molecule has 6 aromatic rings. The van der Waals surface area contributed by atoms with E-state index in [0.717, 1.165) is 86.7 Å². The summed E-state index contributed by atoms with van der Waals surface area (Å²) in [4.78, 5) is 18.0. The smallest absolute Gasteiger partial charge is 0.221 e. The van der Waals surface area contributed by atoms with Gasteiger partial charge in [-0.1, -0.05) is 65.8 Å². The van der Waals surface area contributed by atoms with E-state index in [0.29, 0.717) is 30.9 Å². The Morgan fingerprint density at radius 1 is 0.633 bits per heavy atom. The molecule has 1 aliphatic heterocycles. The van der Waals surface area contributed by atoms with Crippen molar-refractivity contribution >= 4 is 38.5 Å². The zero-order chi connectivity index (χ0) is 34.1. The predicted molar refractivity (Wildman–Crippen MR) is 204 cm³/mol. The Morgan fingerprint density at radius 3 is 2.00 bits per heavy atom. The van der Waals surface area contributed by atoms with Crippen molar-refractivity contribution in [3.05, 3.63) is 83.9 Å². The first kappa shape index (κ1) is 32.8. The van der Waals surface area contributed by atoms with Crippen molar-refractivity contribution in [2.45, 2.75) is 79.1 Å². The van der Waals surface area contributed by atoms with Gasteiger partial charge >= 0.3 is 0 Å². The molecular formula is C43H48N4O2. The molecule has 3 aromatic carbocycles. The lowest BCUT2D eigenvalue weighted by Gasteiger charge is -2.22. The molecule has 0 unspecified atom stereocenters. The van der Waals surface area contributed by atoms with Gasteiger partial charge in [-0.2, -0.15) is 0 Å². The van der Waals surface area contributed by atoms with E-state index in [9.17, 15) is 0 Å². The highest BCUT2D eigenvalue weighted by Crippen LogP contribution is 2.42. The van der Waals surface area contributed by atoms with Crippen molar-refractivity contribution < 1.29 is 9.47 Å². The molecule has 0 radical (unpaired) electrons. The summed E-state index contributed by atoms with van der Waals surface area (Å²) in [7, 11) is 0. The fourth-order valence-electron chi connectivity index (χ4n) is 7.09. The average molecular weight is 653 g/mol. The Kier molecular flexibility index (Phi) is 9.40. The number of aromatic nitrogens is 3. The number of ether oxygens (including phenoxy) is 2. The maximum Gasteiger partial charge on any atom is 0.221 e. The first-order chi connectivity index (χ1) is 23.8. The number of anilines is 1. The summed E-state index contributed by atoms with van der Waals surface area (Å²) in [6, 6.07) is 26.3. The predicted octanol–water partition coefficient (Wildman–Crippen LogP) is 11.1. The van der Waals surface area contributed by atoms with Crippen molar-refractivity contribution in [3.63, 3.8) is 0 Å². The molecule has 252 valence electrons. The summed E-state index contributed by atoms with van der Waals surface area (Å²) in [6.07, 6.45) is 4.23. The average Bonchev–Trinajstić information content (AvgIpc) is 3.66. The zero-order valence-electron chi connectivity index (χ0n) is 29.8. The van der Waals surface area contributed by atoms with Gasteiger partial charge in [0, 0.05) is 46.4 Å². The van der Waals surface area contributed by atoms with Gasteiger partial charge in [0.25, 0.3) is 0 Å². The van der Waals surface area contributed by atoms with E-state index in [1.165, 1.54) is 24.0 Å². The fraction of sp³-hybridized carbons (Fsp3) is 0.372. The van der Waals surface area contributed by atoms with Gasteiger partial charge in [0.1, 0.15) is 5.82 Å².